The molecule has 9 nitrogen and oxygen atoms in total. The second-order valence-corrected chi connectivity index (χ2v) is 13.1. The standard InChI is InChI=1S/3C10H7NO2.2C10H14.CH4/c3*12-9-6-7-10(13)11(9)8-4-2-1-3-5-8;2*1-3-9-5-7-10(4-2)8-6-9;/h3*1-7H;2*5-8H,3-4H2,1-2H3;1H4. The number of hydrogen-bond acceptors (Lipinski definition) is 6. The Morgan fingerprint density at radius 1 is 0.283 bits per heavy atom. The van der Waals surface area contributed by atoms with Crippen molar-refractivity contribution in [2.75, 3.05) is 14.7 Å². The van der Waals surface area contributed by atoms with E-state index < -0.39 is 0 Å². The van der Waals surface area contributed by atoms with E-state index in [1.807, 2.05) is 18.2 Å². The SMILES string of the molecule is C.CCc1ccc(CC)cc1.CCc1ccc(CC)cc1.O=C1C=CC(=O)N1c1ccccc1.O=C1C=CC(=O)N1c1ccccc1.O=C1C=CC(=O)N1c1ccccc1. The van der Waals surface area contributed by atoms with Gasteiger partial charge < -0.3 is 0 Å². The molecule has 8 rings (SSSR count). The Bertz CT molecular complexity index is 1930. The van der Waals surface area contributed by atoms with Crippen molar-refractivity contribution in [1.29, 1.82) is 0 Å². The zero-order valence-electron chi connectivity index (χ0n) is 33.9. The van der Waals surface area contributed by atoms with Crippen LogP contribution in [0.5, 0.6) is 0 Å². The van der Waals surface area contributed by atoms with Crippen LogP contribution in [0.25, 0.3) is 0 Å². The maximum absolute atomic E-state index is 11.2. The number of aryl methyl sites for hydroxylation is 4. The van der Waals surface area contributed by atoms with Gasteiger partial charge in [0.1, 0.15) is 0 Å². The monoisotopic (exact) mass is 803 g/mol. The predicted molar refractivity (Wildman–Crippen MR) is 241 cm³/mol. The first kappa shape index (κ1) is 47.1. The highest BCUT2D eigenvalue weighted by Gasteiger charge is 2.26. The molecule has 5 aromatic rings. The fourth-order valence-corrected chi connectivity index (χ4v) is 5.72. The van der Waals surface area contributed by atoms with Gasteiger partial charge in [-0.15, -0.1) is 0 Å². The van der Waals surface area contributed by atoms with Crippen LogP contribution in [0.4, 0.5) is 17.1 Å². The molecule has 3 aliphatic heterocycles. The number of para-hydroxylation sites is 3. The molecule has 6 amide bonds. The minimum atomic E-state index is -0.281. The highest BCUT2D eigenvalue weighted by atomic mass is 16.2. The molecule has 0 atom stereocenters. The van der Waals surface area contributed by atoms with Crippen molar-refractivity contribution in [3.8, 4) is 0 Å². The molecule has 0 saturated carbocycles. The normalized spacial score (nSPS) is 13.4. The molecule has 0 saturated heterocycles. The molecule has 0 aromatic heterocycles. The Morgan fingerprint density at radius 3 is 0.600 bits per heavy atom. The third kappa shape index (κ3) is 13.7. The van der Waals surface area contributed by atoms with Gasteiger partial charge in [-0.25, -0.2) is 14.7 Å². The number of hydrogen-bond donors (Lipinski definition) is 0. The Labute approximate surface area is 354 Å². The van der Waals surface area contributed by atoms with Gasteiger partial charge in [0.25, 0.3) is 35.4 Å². The van der Waals surface area contributed by atoms with Gasteiger partial charge in [-0.2, -0.15) is 0 Å². The van der Waals surface area contributed by atoms with Gasteiger partial charge in [-0.1, -0.05) is 138 Å². The molecule has 0 unspecified atom stereocenters. The summed E-state index contributed by atoms with van der Waals surface area (Å²) in [4.78, 5) is 70.6. The lowest BCUT2D eigenvalue weighted by atomic mass is 10.1. The lowest BCUT2D eigenvalue weighted by Crippen LogP contribution is -2.29. The van der Waals surface area contributed by atoms with Crippen LogP contribution >= 0.6 is 0 Å². The molecule has 60 heavy (non-hydrogen) atoms. The highest BCUT2D eigenvalue weighted by molar-refractivity contribution is 6.29. The Hall–Kier alpha value is -7.26. The quantitative estimate of drug-likeness (QED) is 0.152. The number of rotatable bonds is 7. The van der Waals surface area contributed by atoms with Crippen LogP contribution in [-0.2, 0) is 54.5 Å². The van der Waals surface area contributed by atoms with Crippen molar-refractivity contribution in [2.45, 2.75) is 60.8 Å². The lowest BCUT2D eigenvalue weighted by molar-refractivity contribution is -0.121. The van der Waals surface area contributed by atoms with Gasteiger partial charge >= 0.3 is 0 Å². The van der Waals surface area contributed by atoms with E-state index in [0.717, 1.165) is 40.4 Å². The first-order chi connectivity index (χ1) is 28.6. The van der Waals surface area contributed by atoms with E-state index in [0.29, 0.717) is 17.1 Å². The van der Waals surface area contributed by atoms with E-state index in [-0.39, 0.29) is 42.9 Å². The van der Waals surface area contributed by atoms with Gasteiger partial charge in [-0.05, 0) is 84.3 Å². The lowest BCUT2D eigenvalue weighted by Gasteiger charge is -2.12. The van der Waals surface area contributed by atoms with Crippen LogP contribution in [0, 0.1) is 0 Å². The summed E-state index contributed by atoms with van der Waals surface area (Å²) in [5.74, 6) is -1.69. The van der Waals surface area contributed by atoms with Crippen molar-refractivity contribution in [3.63, 3.8) is 0 Å². The minimum Gasteiger partial charge on any atom is -0.269 e. The Morgan fingerprint density at radius 2 is 0.450 bits per heavy atom. The molecule has 0 aliphatic carbocycles. The fraction of sp³-hybridized carbons (Fsp3) is 0.176. The molecule has 9 heteroatoms. The fourth-order valence-electron chi connectivity index (χ4n) is 5.72. The van der Waals surface area contributed by atoms with Gasteiger partial charge in [0.05, 0.1) is 17.1 Å². The largest absolute Gasteiger partial charge is 0.269 e. The summed E-state index contributed by atoms with van der Waals surface area (Å²) in [6.07, 6.45) is 12.2. The maximum atomic E-state index is 11.2. The molecule has 0 spiro atoms. The summed E-state index contributed by atoms with van der Waals surface area (Å²) >= 11 is 0. The summed E-state index contributed by atoms with van der Waals surface area (Å²) in [5.41, 5.74) is 7.55. The first-order valence-corrected chi connectivity index (χ1v) is 19.6. The molecule has 5 aromatic carbocycles. The van der Waals surface area contributed by atoms with E-state index in [1.165, 1.54) is 58.7 Å². The molecule has 0 radical (unpaired) electrons. The average molecular weight is 804 g/mol. The number of carbonyl (C=O) groups is 6. The minimum absolute atomic E-state index is 0. The summed E-state index contributed by atoms with van der Waals surface area (Å²) in [6.45, 7) is 8.73. The van der Waals surface area contributed by atoms with Gasteiger partial charge in [0, 0.05) is 36.5 Å². The molecule has 308 valence electrons. The topological polar surface area (TPSA) is 112 Å². The molecule has 0 N–H and O–H groups in total. The van der Waals surface area contributed by atoms with Crippen LogP contribution in [-0.4, -0.2) is 35.4 Å². The summed E-state index contributed by atoms with van der Waals surface area (Å²) in [6, 6.07) is 44.2. The third-order valence-corrected chi connectivity index (χ3v) is 9.15. The molecular weight excluding hydrogens is 751 g/mol. The predicted octanol–water partition coefficient (Wildman–Crippen LogP) is 9.61. The number of benzene rings is 5. The van der Waals surface area contributed by atoms with Crippen molar-refractivity contribution >= 4 is 52.5 Å². The van der Waals surface area contributed by atoms with Crippen molar-refractivity contribution < 1.29 is 28.8 Å². The van der Waals surface area contributed by atoms with Crippen LogP contribution in [0.2, 0.25) is 0 Å². The van der Waals surface area contributed by atoms with Crippen LogP contribution in [0.1, 0.15) is 57.4 Å². The van der Waals surface area contributed by atoms with E-state index in [4.69, 9.17) is 0 Å². The first-order valence-electron chi connectivity index (χ1n) is 19.6. The van der Waals surface area contributed by atoms with Gasteiger partial charge in [0.15, 0.2) is 0 Å². The van der Waals surface area contributed by atoms with E-state index in [9.17, 15) is 28.8 Å². The van der Waals surface area contributed by atoms with Crippen molar-refractivity contribution in [3.05, 3.63) is 198 Å². The van der Waals surface area contributed by atoms with Crippen molar-refractivity contribution in [2.24, 2.45) is 0 Å². The summed E-state index contributed by atoms with van der Waals surface area (Å²) in [5, 5.41) is 0. The summed E-state index contributed by atoms with van der Waals surface area (Å²) < 4.78 is 0. The Balaban J connectivity index is 0.000000201. The summed E-state index contributed by atoms with van der Waals surface area (Å²) in [7, 11) is 0. The number of imide groups is 3. The van der Waals surface area contributed by atoms with Gasteiger partial charge in [-0.3, -0.25) is 28.8 Å². The van der Waals surface area contributed by atoms with Crippen molar-refractivity contribution in [1.82, 2.24) is 0 Å². The van der Waals surface area contributed by atoms with Crippen LogP contribution in [0.3, 0.4) is 0 Å². The van der Waals surface area contributed by atoms with E-state index in [1.54, 1.807) is 72.8 Å². The molecule has 3 aliphatic rings. The average Bonchev–Trinajstić information content (AvgIpc) is 3.94. The second kappa shape index (κ2) is 24.5. The number of anilines is 3. The Kier molecular flexibility index (Phi) is 19.2. The maximum Gasteiger partial charge on any atom is 0.258 e. The number of amides is 6. The van der Waals surface area contributed by atoms with E-state index in [2.05, 4.69) is 76.2 Å². The molecule has 0 bridgehead atoms. The van der Waals surface area contributed by atoms with Gasteiger partial charge in [0.2, 0.25) is 0 Å². The van der Waals surface area contributed by atoms with Crippen LogP contribution in [0.15, 0.2) is 176 Å². The smallest absolute Gasteiger partial charge is 0.258 e. The number of nitrogens with zero attached hydrogens (tertiary/aromatic N) is 3. The zero-order valence-corrected chi connectivity index (χ0v) is 33.9. The number of carbonyl (C=O) groups excluding carboxylic acids is 6. The molecule has 0 fully saturated rings. The second-order valence-electron chi connectivity index (χ2n) is 13.1. The zero-order chi connectivity index (χ0) is 42.6. The third-order valence-electron chi connectivity index (χ3n) is 9.15. The highest BCUT2D eigenvalue weighted by Crippen LogP contribution is 2.19. The molecule has 3 heterocycles. The molecular formula is C51H53N3O6. The van der Waals surface area contributed by atoms with Crippen LogP contribution < -0.4 is 14.7 Å². The van der Waals surface area contributed by atoms with E-state index >= 15 is 0 Å².